The number of fused-ring (bicyclic) bond motifs is 1. The molecule has 3 heterocycles. The molecule has 0 saturated carbocycles. The third-order valence-electron chi connectivity index (χ3n) is 4.66. The van der Waals surface area contributed by atoms with Crippen molar-refractivity contribution in [2.75, 3.05) is 6.54 Å². The molecule has 3 rings (SSSR count). The number of pyridine rings is 1. The molecule has 0 bridgehead atoms. The van der Waals surface area contributed by atoms with Crippen LogP contribution in [0.3, 0.4) is 0 Å². The lowest BCUT2D eigenvalue weighted by molar-refractivity contribution is 0.634. The number of hydrogen-bond acceptors (Lipinski definition) is 4. The second kappa shape index (κ2) is 8.20. The number of hydrogen-bond donors (Lipinski definition) is 2. The average Bonchev–Trinajstić information content (AvgIpc) is 3.16. The summed E-state index contributed by atoms with van der Waals surface area (Å²) in [5.41, 5.74) is 4.41. The van der Waals surface area contributed by atoms with Crippen molar-refractivity contribution in [2.45, 2.75) is 46.7 Å². The van der Waals surface area contributed by atoms with Crippen molar-refractivity contribution >= 4 is 11.6 Å². The third-order valence-corrected chi connectivity index (χ3v) is 4.66. The van der Waals surface area contributed by atoms with E-state index in [2.05, 4.69) is 58.6 Å². The van der Waals surface area contributed by atoms with Crippen LogP contribution in [0.2, 0.25) is 0 Å². The predicted octanol–water partition coefficient (Wildman–Crippen LogP) is 1.77. The van der Waals surface area contributed by atoms with Crippen molar-refractivity contribution in [3.63, 3.8) is 0 Å². The summed E-state index contributed by atoms with van der Waals surface area (Å²) in [5.74, 6) is 1.59. The highest BCUT2D eigenvalue weighted by atomic mass is 15.3. The highest BCUT2D eigenvalue weighted by Gasteiger charge is 2.14. The average molecular weight is 368 g/mol. The van der Waals surface area contributed by atoms with Gasteiger partial charge >= 0.3 is 0 Å². The fraction of sp³-hybridized carbons (Fsp3) is 0.474. The topological polar surface area (TPSA) is 84.4 Å². The van der Waals surface area contributed by atoms with Gasteiger partial charge < -0.3 is 10.6 Å². The number of aryl methyl sites for hydroxylation is 2. The predicted molar refractivity (Wildman–Crippen MR) is 107 cm³/mol. The third kappa shape index (κ3) is 4.27. The highest BCUT2D eigenvalue weighted by molar-refractivity contribution is 5.80. The van der Waals surface area contributed by atoms with Crippen LogP contribution in [0.25, 0.3) is 5.65 Å². The summed E-state index contributed by atoms with van der Waals surface area (Å²) < 4.78 is 3.89. The fourth-order valence-electron chi connectivity index (χ4n) is 3.17. The fourth-order valence-corrected chi connectivity index (χ4v) is 3.17. The summed E-state index contributed by atoms with van der Waals surface area (Å²) in [6, 6.07) is 6.07. The second-order valence-electron chi connectivity index (χ2n) is 6.76. The van der Waals surface area contributed by atoms with Crippen molar-refractivity contribution in [1.29, 1.82) is 0 Å². The molecule has 0 spiro atoms. The summed E-state index contributed by atoms with van der Waals surface area (Å²) in [7, 11) is 1.98. The Morgan fingerprint density at radius 2 is 2.07 bits per heavy atom. The van der Waals surface area contributed by atoms with Crippen LogP contribution in [0.4, 0.5) is 0 Å². The first-order valence-electron chi connectivity index (χ1n) is 9.32. The van der Waals surface area contributed by atoms with E-state index >= 15 is 0 Å². The monoisotopic (exact) mass is 368 g/mol. The van der Waals surface area contributed by atoms with Crippen molar-refractivity contribution in [3.8, 4) is 0 Å². The van der Waals surface area contributed by atoms with Gasteiger partial charge in [-0.3, -0.25) is 9.08 Å². The van der Waals surface area contributed by atoms with E-state index in [4.69, 9.17) is 0 Å². The van der Waals surface area contributed by atoms with Crippen LogP contribution in [0, 0.1) is 13.8 Å². The van der Waals surface area contributed by atoms with E-state index in [9.17, 15) is 0 Å². The molecule has 0 aliphatic heterocycles. The standard InChI is InChI=1S/C19H28N8/c1-6-20-19(21-12-18-24-23-17-9-7-8-10-27(17)18)22-13(2)11-16-14(3)25-26(5)15(16)4/h7-10,13H,6,11-12H2,1-5H3,(H2,20,21,22). The van der Waals surface area contributed by atoms with E-state index in [0.29, 0.717) is 6.54 Å². The Kier molecular flexibility index (Phi) is 5.73. The lowest BCUT2D eigenvalue weighted by Crippen LogP contribution is -2.43. The van der Waals surface area contributed by atoms with E-state index in [1.54, 1.807) is 0 Å². The molecule has 27 heavy (non-hydrogen) atoms. The van der Waals surface area contributed by atoms with Crippen LogP contribution < -0.4 is 10.6 Å². The first kappa shape index (κ1) is 18.9. The van der Waals surface area contributed by atoms with Crippen molar-refractivity contribution in [3.05, 3.63) is 47.2 Å². The summed E-state index contributed by atoms with van der Waals surface area (Å²) in [6.07, 6.45) is 2.85. The SMILES string of the molecule is CCNC(=NCc1nnc2ccccn12)NC(C)Cc1c(C)nn(C)c1C. The molecular weight excluding hydrogens is 340 g/mol. The largest absolute Gasteiger partial charge is 0.357 e. The van der Waals surface area contributed by atoms with Crippen molar-refractivity contribution < 1.29 is 0 Å². The zero-order valence-corrected chi connectivity index (χ0v) is 16.7. The first-order chi connectivity index (χ1) is 13.0. The van der Waals surface area contributed by atoms with Gasteiger partial charge in [0.1, 0.15) is 6.54 Å². The second-order valence-corrected chi connectivity index (χ2v) is 6.76. The van der Waals surface area contributed by atoms with Gasteiger partial charge in [0.05, 0.1) is 5.69 Å². The molecule has 8 heteroatoms. The van der Waals surface area contributed by atoms with Gasteiger partial charge in [-0.25, -0.2) is 4.99 Å². The molecule has 8 nitrogen and oxygen atoms in total. The summed E-state index contributed by atoms with van der Waals surface area (Å²) >= 11 is 0. The highest BCUT2D eigenvalue weighted by Crippen LogP contribution is 2.14. The van der Waals surface area contributed by atoms with E-state index < -0.39 is 0 Å². The van der Waals surface area contributed by atoms with Gasteiger partial charge in [0.2, 0.25) is 0 Å². The Balaban J connectivity index is 1.70. The summed E-state index contributed by atoms with van der Waals surface area (Å²) in [4.78, 5) is 4.69. The molecule has 3 aromatic heterocycles. The first-order valence-corrected chi connectivity index (χ1v) is 9.32. The number of nitrogens with one attached hydrogen (secondary N) is 2. The van der Waals surface area contributed by atoms with E-state index in [1.807, 2.05) is 40.5 Å². The van der Waals surface area contributed by atoms with Gasteiger partial charge in [-0.2, -0.15) is 5.10 Å². The molecular formula is C19H28N8. The molecule has 0 aromatic carbocycles. The minimum Gasteiger partial charge on any atom is -0.357 e. The lowest BCUT2D eigenvalue weighted by Gasteiger charge is -2.18. The van der Waals surface area contributed by atoms with Gasteiger partial charge in [0, 0.05) is 31.5 Å². The summed E-state index contributed by atoms with van der Waals surface area (Å²) in [5, 5.41) is 19.7. The molecule has 0 radical (unpaired) electrons. The van der Waals surface area contributed by atoms with Gasteiger partial charge in [-0.1, -0.05) is 6.07 Å². The van der Waals surface area contributed by atoms with Crippen molar-refractivity contribution in [2.24, 2.45) is 12.0 Å². The molecule has 0 aliphatic rings. The zero-order valence-electron chi connectivity index (χ0n) is 16.7. The maximum atomic E-state index is 4.69. The van der Waals surface area contributed by atoms with Gasteiger partial charge in [0.25, 0.3) is 0 Å². The van der Waals surface area contributed by atoms with E-state index in [0.717, 1.165) is 36.1 Å². The summed E-state index contributed by atoms with van der Waals surface area (Å²) in [6.45, 7) is 9.64. The molecule has 0 aliphatic carbocycles. The minimum atomic E-state index is 0.222. The van der Waals surface area contributed by atoms with Crippen LogP contribution in [0.1, 0.15) is 36.6 Å². The Bertz CT molecular complexity index is 936. The Labute approximate surface area is 159 Å². The molecule has 0 amide bonds. The normalized spacial score (nSPS) is 13.1. The van der Waals surface area contributed by atoms with Gasteiger partial charge in [0.15, 0.2) is 17.4 Å². The van der Waals surface area contributed by atoms with Crippen LogP contribution >= 0.6 is 0 Å². The Morgan fingerprint density at radius 1 is 1.26 bits per heavy atom. The van der Waals surface area contributed by atoms with Crippen LogP contribution in [-0.2, 0) is 20.0 Å². The Hall–Kier alpha value is -2.90. The molecule has 144 valence electrons. The quantitative estimate of drug-likeness (QED) is 0.512. The zero-order chi connectivity index (χ0) is 19.4. The molecule has 1 unspecified atom stereocenters. The minimum absolute atomic E-state index is 0.222. The van der Waals surface area contributed by atoms with Crippen molar-refractivity contribution in [1.82, 2.24) is 35.0 Å². The Morgan fingerprint density at radius 3 is 2.78 bits per heavy atom. The van der Waals surface area contributed by atoms with Crippen LogP contribution in [0.5, 0.6) is 0 Å². The van der Waals surface area contributed by atoms with Gasteiger partial charge in [-0.15, -0.1) is 10.2 Å². The van der Waals surface area contributed by atoms with E-state index in [1.165, 1.54) is 11.3 Å². The lowest BCUT2D eigenvalue weighted by atomic mass is 10.1. The number of rotatable bonds is 6. The molecule has 0 fully saturated rings. The number of aliphatic imine (C=N–C) groups is 1. The van der Waals surface area contributed by atoms with Gasteiger partial charge in [-0.05, 0) is 51.8 Å². The number of guanidine groups is 1. The molecule has 1 atom stereocenters. The number of nitrogens with zero attached hydrogens (tertiary/aromatic N) is 6. The molecule has 0 saturated heterocycles. The molecule has 3 aromatic rings. The van der Waals surface area contributed by atoms with Crippen LogP contribution in [0.15, 0.2) is 29.4 Å². The smallest absolute Gasteiger partial charge is 0.191 e. The molecule has 2 N–H and O–H groups in total. The van der Waals surface area contributed by atoms with E-state index in [-0.39, 0.29) is 6.04 Å². The number of aromatic nitrogens is 5. The maximum Gasteiger partial charge on any atom is 0.191 e. The van der Waals surface area contributed by atoms with Crippen LogP contribution in [-0.4, -0.2) is 42.9 Å². The maximum absolute atomic E-state index is 4.69.